The summed E-state index contributed by atoms with van der Waals surface area (Å²) in [5, 5.41) is 8.81. The van der Waals surface area contributed by atoms with Crippen LogP contribution in [0.15, 0.2) is 63.3 Å². The molecular weight excluding hydrogens is 310 g/mol. The Morgan fingerprint density at radius 3 is 2.78 bits per heavy atom. The maximum atomic E-state index is 12.5. The van der Waals surface area contributed by atoms with Crippen molar-refractivity contribution in [1.29, 1.82) is 0 Å². The molecule has 5 nitrogen and oxygen atoms in total. The summed E-state index contributed by atoms with van der Waals surface area (Å²) in [4.78, 5) is 14.2. The molecule has 1 fully saturated rings. The van der Waals surface area contributed by atoms with E-state index < -0.39 is 0 Å². The molecular formula is C17H17N3O2S. The van der Waals surface area contributed by atoms with E-state index in [1.165, 1.54) is 18.0 Å². The lowest BCUT2D eigenvalue weighted by Crippen LogP contribution is -2.31. The monoisotopic (exact) mass is 327 g/mol. The first-order chi connectivity index (χ1) is 11.3. The van der Waals surface area contributed by atoms with Gasteiger partial charge in [-0.15, -0.1) is 5.10 Å². The zero-order chi connectivity index (χ0) is 16.1. The van der Waals surface area contributed by atoms with Gasteiger partial charge in [-0.1, -0.05) is 49.0 Å². The van der Waals surface area contributed by atoms with Crippen molar-refractivity contribution >= 4 is 29.1 Å². The molecule has 0 spiro atoms. The Labute approximate surface area is 139 Å². The standard InChI is InChI=1S/C17H17N3O2S/c1-2-15-16(21)20(12-13-7-4-3-5-8-13)17(23-15)19-18-11-14-9-6-10-22-14/h3-11,15H,2,12H2,1H3/b18-11-,19-17-/t15-/m0/s1. The average Bonchev–Trinajstić information content (AvgIpc) is 3.19. The average molecular weight is 327 g/mol. The Bertz CT molecular complexity index is 711. The molecule has 1 aliphatic heterocycles. The molecule has 0 saturated carbocycles. The van der Waals surface area contributed by atoms with Gasteiger partial charge in [-0.3, -0.25) is 9.69 Å². The summed E-state index contributed by atoms with van der Waals surface area (Å²) < 4.78 is 5.18. The van der Waals surface area contributed by atoms with Crippen molar-refractivity contribution in [1.82, 2.24) is 4.90 Å². The zero-order valence-corrected chi connectivity index (χ0v) is 13.6. The van der Waals surface area contributed by atoms with E-state index in [9.17, 15) is 4.79 Å². The molecule has 3 rings (SSSR count). The molecule has 1 aliphatic rings. The number of carbonyl (C=O) groups excluding carboxylic acids is 1. The molecule has 1 aromatic heterocycles. The number of carbonyl (C=O) groups is 1. The van der Waals surface area contributed by atoms with Gasteiger partial charge in [-0.2, -0.15) is 5.10 Å². The first kappa shape index (κ1) is 15.6. The number of nitrogens with zero attached hydrogens (tertiary/aromatic N) is 3. The third-order valence-corrected chi connectivity index (χ3v) is 4.78. The SMILES string of the molecule is CC[C@@H]1S/C(=N\N=C/c2ccco2)N(Cc2ccccc2)C1=O. The fraction of sp³-hybridized carbons (Fsp3) is 0.235. The summed E-state index contributed by atoms with van der Waals surface area (Å²) in [6.07, 6.45) is 3.89. The smallest absolute Gasteiger partial charge is 0.242 e. The maximum absolute atomic E-state index is 12.5. The lowest BCUT2D eigenvalue weighted by Gasteiger charge is -2.15. The summed E-state index contributed by atoms with van der Waals surface area (Å²) in [7, 11) is 0. The predicted molar refractivity (Wildman–Crippen MR) is 92.4 cm³/mol. The highest BCUT2D eigenvalue weighted by Gasteiger charge is 2.36. The second-order valence-corrected chi connectivity index (χ2v) is 6.24. The van der Waals surface area contributed by atoms with E-state index in [2.05, 4.69) is 10.2 Å². The second-order valence-electron chi connectivity index (χ2n) is 5.07. The second kappa shape index (κ2) is 7.28. The fourth-order valence-corrected chi connectivity index (χ4v) is 3.28. The Kier molecular flexibility index (Phi) is 4.92. The summed E-state index contributed by atoms with van der Waals surface area (Å²) in [5.74, 6) is 0.721. The van der Waals surface area contributed by atoms with Crippen LogP contribution in [0, 0.1) is 0 Å². The maximum Gasteiger partial charge on any atom is 0.242 e. The quantitative estimate of drug-likeness (QED) is 0.623. The molecule has 1 saturated heterocycles. The number of furan rings is 1. The number of thioether (sulfide) groups is 1. The van der Waals surface area contributed by atoms with Crippen molar-refractivity contribution < 1.29 is 9.21 Å². The third kappa shape index (κ3) is 3.71. The fourth-order valence-electron chi connectivity index (χ4n) is 2.26. The molecule has 1 amide bonds. The molecule has 0 aliphatic carbocycles. The summed E-state index contributed by atoms with van der Waals surface area (Å²) in [6, 6.07) is 13.5. The van der Waals surface area contributed by atoms with E-state index >= 15 is 0 Å². The van der Waals surface area contributed by atoms with Crippen LogP contribution in [0.25, 0.3) is 0 Å². The molecule has 1 atom stereocenters. The highest BCUT2D eigenvalue weighted by atomic mass is 32.2. The molecule has 2 heterocycles. The van der Waals surface area contributed by atoms with E-state index in [1.807, 2.05) is 37.3 Å². The Morgan fingerprint density at radius 2 is 2.09 bits per heavy atom. The van der Waals surface area contributed by atoms with E-state index in [0.29, 0.717) is 17.5 Å². The van der Waals surface area contributed by atoms with Crippen LogP contribution in [0.1, 0.15) is 24.7 Å². The van der Waals surface area contributed by atoms with E-state index in [4.69, 9.17) is 4.42 Å². The van der Waals surface area contributed by atoms with Gasteiger partial charge in [-0.25, -0.2) is 0 Å². The molecule has 0 bridgehead atoms. The van der Waals surface area contributed by atoms with E-state index in [1.54, 1.807) is 23.3 Å². The molecule has 1 aromatic carbocycles. The van der Waals surface area contributed by atoms with Crippen molar-refractivity contribution in [3.05, 3.63) is 60.1 Å². The normalized spacial score (nSPS) is 20.0. The number of hydrogen-bond acceptors (Lipinski definition) is 5. The van der Waals surface area contributed by atoms with Crippen molar-refractivity contribution in [2.24, 2.45) is 10.2 Å². The third-order valence-electron chi connectivity index (χ3n) is 3.45. The van der Waals surface area contributed by atoms with Gasteiger partial charge < -0.3 is 4.42 Å². The van der Waals surface area contributed by atoms with Crippen molar-refractivity contribution in [3.8, 4) is 0 Å². The van der Waals surface area contributed by atoms with Crippen LogP contribution in [0.5, 0.6) is 0 Å². The number of amidine groups is 1. The first-order valence-corrected chi connectivity index (χ1v) is 8.32. The Hall–Kier alpha value is -2.34. The Balaban J connectivity index is 1.79. The molecule has 0 radical (unpaired) electrons. The lowest BCUT2D eigenvalue weighted by molar-refractivity contribution is -0.126. The van der Waals surface area contributed by atoms with Gasteiger partial charge in [0.1, 0.15) is 5.76 Å². The minimum atomic E-state index is -0.0868. The highest BCUT2D eigenvalue weighted by Crippen LogP contribution is 2.30. The Morgan fingerprint density at radius 1 is 1.26 bits per heavy atom. The van der Waals surface area contributed by atoms with Crippen LogP contribution in [0.3, 0.4) is 0 Å². The number of rotatable bonds is 5. The van der Waals surface area contributed by atoms with Crippen molar-refractivity contribution in [2.75, 3.05) is 0 Å². The molecule has 2 aromatic rings. The predicted octanol–water partition coefficient (Wildman–Crippen LogP) is 3.52. The first-order valence-electron chi connectivity index (χ1n) is 7.44. The molecule has 0 unspecified atom stereocenters. The molecule has 0 N–H and O–H groups in total. The van der Waals surface area contributed by atoms with Crippen molar-refractivity contribution in [2.45, 2.75) is 25.1 Å². The summed E-state index contributed by atoms with van der Waals surface area (Å²) in [6.45, 7) is 2.52. The van der Waals surface area contributed by atoms with Crippen LogP contribution < -0.4 is 0 Å². The minimum absolute atomic E-state index is 0.0868. The van der Waals surface area contributed by atoms with Crippen LogP contribution in [0.2, 0.25) is 0 Å². The topological polar surface area (TPSA) is 58.2 Å². The van der Waals surface area contributed by atoms with Gasteiger partial charge in [0.05, 0.1) is 24.3 Å². The molecule has 118 valence electrons. The van der Waals surface area contributed by atoms with Gasteiger partial charge in [0, 0.05) is 0 Å². The van der Waals surface area contributed by atoms with Crippen LogP contribution in [0.4, 0.5) is 0 Å². The van der Waals surface area contributed by atoms with Gasteiger partial charge in [0.25, 0.3) is 0 Å². The number of hydrogen-bond donors (Lipinski definition) is 0. The van der Waals surface area contributed by atoms with E-state index in [-0.39, 0.29) is 11.2 Å². The van der Waals surface area contributed by atoms with Crippen LogP contribution >= 0.6 is 11.8 Å². The summed E-state index contributed by atoms with van der Waals surface area (Å²) >= 11 is 1.47. The van der Waals surface area contributed by atoms with Gasteiger partial charge in [0.2, 0.25) is 5.91 Å². The van der Waals surface area contributed by atoms with Crippen LogP contribution in [-0.4, -0.2) is 27.4 Å². The summed E-state index contributed by atoms with van der Waals surface area (Å²) in [5.41, 5.74) is 1.07. The van der Waals surface area contributed by atoms with Crippen molar-refractivity contribution in [3.63, 3.8) is 0 Å². The molecule has 23 heavy (non-hydrogen) atoms. The zero-order valence-electron chi connectivity index (χ0n) is 12.8. The van der Waals surface area contributed by atoms with E-state index in [0.717, 1.165) is 12.0 Å². The number of amides is 1. The highest BCUT2D eigenvalue weighted by molar-refractivity contribution is 8.15. The minimum Gasteiger partial charge on any atom is -0.463 e. The van der Waals surface area contributed by atoms with Gasteiger partial charge in [0.15, 0.2) is 5.17 Å². The molecule has 6 heteroatoms. The lowest BCUT2D eigenvalue weighted by atomic mass is 10.2. The van der Waals surface area contributed by atoms with Gasteiger partial charge >= 0.3 is 0 Å². The number of benzene rings is 1. The van der Waals surface area contributed by atoms with Crippen LogP contribution in [-0.2, 0) is 11.3 Å². The van der Waals surface area contributed by atoms with Gasteiger partial charge in [-0.05, 0) is 24.1 Å². The largest absolute Gasteiger partial charge is 0.463 e.